The molecule has 0 aliphatic heterocycles. The van der Waals surface area contributed by atoms with Crippen LogP contribution in [0.3, 0.4) is 0 Å². The van der Waals surface area contributed by atoms with Gasteiger partial charge >= 0.3 is 5.97 Å². The highest BCUT2D eigenvalue weighted by Crippen LogP contribution is 2.47. The van der Waals surface area contributed by atoms with E-state index in [1.807, 2.05) is 0 Å². The predicted molar refractivity (Wildman–Crippen MR) is 361 cm³/mol. The van der Waals surface area contributed by atoms with E-state index < -0.39 is 18.0 Å². The van der Waals surface area contributed by atoms with Crippen molar-refractivity contribution in [2.24, 2.45) is 29.6 Å². The monoisotopic (exact) mass is 1140 g/mol. The molecule has 482 valence electrons. The summed E-state index contributed by atoms with van der Waals surface area (Å²) in [6, 6.07) is 0. The fraction of sp³-hybridized carbons (Fsp3) is 0.987. The molecule has 0 aromatic rings. The second-order valence-corrected chi connectivity index (χ2v) is 28.6. The average Bonchev–Trinajstić information content (AvgIpc) is 4.43. The normalized spacial score (nSPS) is 17.6. The third-order valence-electron chi connectivity index (χ3n) is 20.7. The van der Waals surface area contributed by atoms with Crippen molar-refractivity contribution in [3.8, 4) is 0 Å². The zero-order valence-electron chi connectivity index (χ0n) is 56.1. The molecule has 0 aromatic heterocycles. The summed E-state index contributed by atoms with van der Waals surface area (Å²) >= 11 is 0. The van der Waals surface area contributed by atoms with Gasteiger partial charge in [-0.25, -0.2) is 0 Å². The number of unbranched alkanes of at least 4 members (excludes halogenated alkanes) is 57. The minimum Gasteiger partial charge on any atom is -0.481 e. The molecule has 2 rings (SSSR count). The van der Waals surface area contributed by atoms with Crippen LogP contribution in [0.2, 0.25) is 0 Å². The molecule has 81 heavy (non-hydrogen) atoms. The Morgan fingerprint density at radius 2 is 0.420 bits per heavy atom. The summed E-state index contributed by atoms with van der Waals surface area (Å²) in [5, 5.41) is 20.6. The maximum Gasteiger partial charge on any atom is 0.309 e. The molecule has 2 saturated carbocycles. The Morgan fingerprint density at radius 3 is 0.605 bits per heavy atom. The van der Waals surface area contributed by atoms with Crippen molar-refractivity contribution in [1.82, 2.24) is 0 Å². The quantitative estimate of drug-likeness (QED) is 0.0597. The third kappa shape index (κ3) is 53.4. The highest BCUT2D eigenvalue weighted by Gasteiger charge is 2.36. The van der Waals surface area contributed by atoms with E-state index in [1.54, 1.807) is 19.3 Å². The van der Waals surface area contributed by atoms with Gasteiger partial charge in [0, 0.05) is 0 Å². The number of hydrogen-bond acceptors (Lipinski definition) is 2. The molecule has 0 aromatic carbocycles. The summed E-state index contributed by atoms with van der Waals surface area (Å²) in [5.74, 6) is 2.99. The van der Waals surface area contributed by atoms with Gasteiger partial charge in [-0.3, -0.25) is 4.79 Å². The van der Waals surface area contributed by atoms with Crippen molar-refractivity contribution in [2.45, 2.75) is 463 Å². The minimum absolute atomic E-state index is 0.580. The number of aliphatic carboxylic acids is 1. The topological polar surface area (TPSA) is 57.5 Å². The number of carboxylic acid groups (broad SMARTS) is 1. The van der Waals surface area contributed by atoms with Gasteiger partial charge in [-0.1, -0.05) is 431 Å². The van der Waals surface area contributed by atoms with Crippen LogP contribution in [0, 0.1) is 29.6 Å². The van der Waals surface area contributed by atoms with Crippen LogP contribution in [0.15, 0.2) is 0 Å². The van der Waals surface area contributed by atoms with E-state index >= 15 is 0 Å². The van der Waals surface area contributed by atoms with E-state index in [0.717, 1.165) is 49.4 Å². The largest absolute Gasteiger partial charge is 0.481 e. The van der Waals surface area contributed by atoms with Crippen LogP contribution in [-0.4, -0.2) is 22.3 Å². The maximum atomic E-state index is 12.0. The van der Waals surface area contributed by atoms with Crippen molar-refractivity contribution in [3.63, 3.8) is 0 Å². The van der Waals surface area contributed by atoms with Crippen molar-refractivity contribution in [2.75, 3.05) is 0 Å². The first-order chi connectivity index (χ1) is 40.1. The van der Waals surface area contributed by atoms with E-state index in [0.29, 0.717) is 12.8 Å². The van der Waals surface area contributed by atoms with E-state index in [-0.39, 0.29) is 0 Å². The number of rotatable bonds is 71. The van der Waals surface area contributed by atoms with Crippen molar-refractivity contribution in [1.29, 1.82) is 0 Å². The van der Waals surface area contributed by atoms with E-state index in [4.69, 9.17) is 0 Å². The van der Waals surface area contributed by atoms with Crippen LogP contribution >= 0.6 is 0 Å². The maximum absolute atomic E-state index is 12.0. The van der Waals surface area contributed by atoms with Crippen molar-refractivity contribution in [3.05, 3.63) is 0 Å². The molecule has 2 fully saturated rings. The molecule has 0 bridgehead atoms. The Morgan fingerprint density at radius 1 is 0.259 bits per heavy atom. The molecule has 1 unspecified atom stereocenters. The standard InChI is InChI=1S/C78H152O3/c1-3-5-7-9-11-13-15-17-19-21-23-24-25-26-28-30-32-38-44-50-56-62-68-76(78(80)81)77(79)69-63-57-51-45-39-43-49-55-61-67-75-71-74(75)66-60-54-48-42-37-34-33-36-41-47-53-59-65-73-70-72(73)64-58-52-46-40-35-31-29-27-22-20-18-16-14-12-10-8-6-4-2/h72-77,79H,3-71H2,1-2H3,(H,80,81)/t72-,73+,74-,75+,76?,77+/m0/s1. The third-order valence-corrected chi connectivity index (χ3v) is 20.7. The van der Waals surface area contributed by atoms with E-state index in [1.165, 1.54) is 385 Å². The number of aliphatic hydroxyl groups is 1. The lowest BCUT2D eigenvalue weighted by molar-refractivity contribution is -0.146. The molecule has 2 aliphatic rings. The number of aliphatic hydroxyl groups excluding tert-OH is 1. The van der Waals surface area contributed by atoms with E-state index in [9.17, 15) is 15.0 Å². The van der Waals surface area contributed by atoms with Crippen molar-refractivity contribution < 1.29 is 15.0 Å². The summed E-state index contributed by atoms with van der Waals surface area (Å²) in [6.45, 7) is 4.61. The molecule has 0 saturated heterocycles. The molecule has 2 aliphatic carbocycles. The SMILES string of the molecule is CCCCCCCCCCCCCCCCCCCCCCCCC(C(=O)O)[C@H](O)CCCCCCCCCCC[C@@H]1C[C@@H]1CCCCCCCCCCCCCC[C@@H]1C[C@@H]1CCCCCCCCCCCCCCCCCCCC. The molecular weight excluding hydrogens is 985 g/mol. The second kappa shape index (κ2) is 61.1. The smallest absolute Gasteiger partial charge is 0.309 e. The Hall–Kier alpha value is -0.570. The fourth-order valence-electron chi connectivity index (χ4n) is 14.6. The van der Waals surface area contributed by atoms with Gasteiger partial charge in [0.2, 0.25) is 0 Å². The van der Waals surface area contributed by atoms with Gasteiger partial charge in [0.15, 0.2) is 0 Å². The average molecular weight is 1140 g/mol. The summed E-state index contributed by atoms with van der Waals surface area (Å²) < 4.78 is 0. The first kappa shape index (κ1) is 76.5. The molecular formula is C78H152O3. The fourth-order valence-corrected chi connectivity index (χ4v) is 14.6. The molecule has 3 nitrogen and oxygen atoms in total. The van der Waals surface area contributed by atoms with Crippen LogP contribution in [0.1, 0.15) is 457 Å². The van der Waals surface area contributed by atoms with Gasteiger partial charge < -0.3 is 10.2 Å². The molecule has 3 heteroatoms. The predicted octanol–water partition coefficient (Wildman–Crippen LogP) is 27.5. The van der Waals surface area contributed by atoms with Crippen LogP contribution in [0.5, 0.6) is 0 Å². The number of hydrogen-bond donors (Lipinski definition) is 2. The Balaban J connectivity index is 1.20. The zero-order valence-corrected chi connectivity index (χ0v) is 56.1. The Kier molecular flexibility index (Phi) is 57.7. The number of carbonyl (C=O) groups is 1. The van der Waals surface area contributed by atoms with Crippen LogP contribution in [-0.2, 0) is 4.79 Å². The highest BCUT2D eigenvalue weighted by molar-refractivity contribution is 5.70. The van der Waals surface area contributed by atoms with Crippen LogP contribution in [0.4, 0.5) is 0 Å². The first-order valence-corrected chi connectivity index (χ1v) is 39.0. The Labute approximate surface area is 511 Å². The molecule has 2 N–H and O–H groups in total. The summed E-state index contributed by atoms with van der Waals surface area (Å²) in [6.07, 6.45) is 96.0. The summed E-state index contributed by atoms with van der Waals surface area (Å²) in [5.41, 5.74) is 0. The van der Waals surface area contributed by atoms with Crippen molar-refractivity contribution >= 4 is 5.97 Å². The van der Waals surface area contributed by atoms with Gasteiger partial charge in [-0.05, 0) is 49.4 Å². The number of carboxylic acids is 1. The lowest BCUT2D eigenvalue weighted by atomic mass is 9.91. The zero-order chi connectivity index (χ0) is 57.8. The molecule has 0 spiro atoms. The van der Waals surface area contributed by atoms with E-state index in [2.05, 4.69) is 13.8 Å². The van der Waals surface area contributed by atoms with Crippen LogP contribution in [0.25, 0.3) is 0 Å². The molecule has 0 radical (unpaired) electrons. The van der Waals surface area contributed by atoms with Gasteiger partial charge in [-0.2, -0.15) is 0 Å². The van der Waals surface area contributed by atoms with Gasteiger partial charge in [0.1, 0.15) is 0 Å². The first-order valence-electron chi connectivity index (χ1n) is 39.0. The lowest BCUT2D eigenvalue weighted by Gasteiger charge is -2.19. The van der Waals surface area contributed by atoms with Crippen LogP contribution < -0.4 is 0 Å². The molecule has 0 heterocycles. The summed E-state index contributed by atoms with van der Waals surface area (Å²) in [4.78, 5) is 12.0. The summed E-state index contributed by atoms with van der Waals surface area (Å²) in [7, 11) is 0. The van der Waals surface area contributed by atoms with Gasteiger partial charge in [0.05, 0.1) is 12.0 Å². The van der Waals surface area contributed by atoms with Gasteiger partial charge in [-0.15, -0.1) is 0 Å². The highest BCUT2D eigenvalue weighted by atomic mass is 16.4. The minimum atomic E-state index is -0.795. The molecule has 0 amide bonds. The molecule has 6 atom stereocenters. The Bertz CT molecular complexity index is 1230. The lowest BCUT2D eigenvalue weighted by Crippen LogP contribution is -2.28. The second-order valence-electron chi connectivity index (χ2n) is 28.6. The van der Waals surface area contributed by atoms with Gasteiger partial charge in [0.25, 0.3) is 0 Å².